The number of nitrogens with one attached hydrogen (secondary N) is 1. The molecular formula is C13H19BrFN3O. The van der Waals surface area contributed by atoms with Gasteiger partial charge in [-0.1, -0.05) is 6.07 Å². The van der Waals surface area contributed by atoms with Crippen molar-refractivity contribution in [2.45, 2.75) is 13.0 Å². The molecule has 0 fully saturated rings. The van der Waals surface area contributed by atoms with Crippen LogP contribution < -0.4 is 5.73 Å². The average Bonchev–Trinajstić information content (AvgIpc) is 2.37. The molecule has 1 aromatic carbocycles. The fourth-order valence-corrected chi connectivity index (χ4v) is 2.09. The van der Waals surface area contributed by atoms with Crippen molar-refractivity contribution in [1.29, 1.82) is 5.41 Å². The first kappa shape index (κ1) is 16.1. The summed E-state index contributed by atoms with van der Waals surface area (Å²) in [6, 6.07) is 4.97. The van der Waals surface area contributed by atoms with E-state index >= 15 is 0 Å². The topological polar surface area (TPSA) is 62.3 Å². The zero-order chi connectivity index (χ0) is 14.3. The average molecular weight is 332 g/mol. The highest BCUT2D eigenvalue weighted by Gasteiger charge is 2.08. The van der Waals surface area contributed by atoms with Crippen molar-refractivity contribution >= 4 is 21.8 Å². The highest BCUT2D eigenvalue weighted by atomic mass is 79.9. The number of amidine groups is 1. The first-order valence-corrected chi connectivity index (χ1v) is 6.80. The van der Waals surface area contributed by atoms with Gasteiger partial charge in [0.1, 0.15) is 5.82 Å². The molecule has 0 saturated heterocycles. The molecule has 0 aliphatic heterocycles. The van der Waals surface area contributed by atoms with Crippen LogP contribution in [0.4, 0.5) is 4.39 Å². The molecular weight excluding hydrogens is 313 g/mol. The number of methoxy groups -OCH3 is 1. The molecule has 1 aromatic rings. The molecule has 0 aliphatic carbocycles. The van der Waals surface area contributed by atoms with Crippen LogP contribution in [0.2, 0.25) is 0 Å². The molecule has 3 N–H and O–H groups in total. The number of hydrogen-bond acceptors (Lipinski definition) is 3. The summed E-state index contributed by atoms with van der Waals surface area (Å²) in [7, 11) is 1.65. The number of nitrogens with zero attached hydrogens (tertiary/aromatic N) is 1. The second kappa shape index (κ2) is 8.24. The lowest BCUT2D eigenvalue weighted by Gasteiger charge is -2.22. The molecule has 106 valence electrons. The van der Waals surface area contributed by atoms with Gasteiger partial charge in [-0.25, -0.2) is 4.39 Å². The largest absolute Gasteiger partial charge is 0.388 e. The molecule has 0 heterocycles. The molecule has 0 unspecified atom stereocenters. The Kier molecular flexibility index (Phi) is 6.97. The third-order valence-corrected chi connectivity index (χ3v) is 3.31. The number of rotatable bonds is 8. The fourth-order valence-electron chi connectivity index (χ4n) is 1.67. The van der Waals surface area contributed by atoms with Gasteiger partial charge in [-0.15, -0.1) is 0 Å². The Hall–Kier alpha value is -0.980. The Morgan fingerprint density at radius 3 is 2.79 bits per heavy atom. The van der Waals surface area contributed by atoms with Gasteiger partial charge in [0.2, 0.25) is 0 Å². The number of hydrogen-bond donors (Lipinski definition) is 2. The molecule has 4 nitrogen and oxygen atoms in total. The quantitative estimate of drug-likeness (QED) is 0.567. The minimum absolute atomic E-state index is 0.169. The highest BCUT2D eigenvalue weighted by molar-refractivity contribution is 9.10. The lowest BCUT2D eigenvalue weighted by Crippen LogP contribution is -2.30. The minimum atomic E-state index is -0.268. The van der Waals surface area contributed by atoms with Gasteiger partial charge < -0.3 is 10.5 Å². The van der Waals surface area contributed by atoms with Crippen LogP contribution in [0.5, 0.6) is 0 Å². The van der Waals surface area contributed by atoms with E-state index in [0.29, 0.717) is 30.6 Å². The van der Waals surface area contributed by atoms with Crippen LogP contribution in [0.3, 0.4) is 0 Å². The number of ether oxygens (including phenoxy) is 1. The van der Waals surface area contributed by atoms with Crippen LogP contribution in [-0.2, 0) is 11.3 Å². The Labute approximate surface area is 121 Å². The molecule has 6 heteroatoms. The van der Waals surface area contributed by atoms with Crippen LogP contribution in [0, 0.1) is 11.2 Å². The van der Waals surface area contributed by atoms with Gasteiger partial charge in [-0.3, -0.25) is 10.3 Å². The summed E-state index contributed by atoms with van der Waals surface area (Å²) in [6.45, 7) is 2.72. The minimum Gasteiger partial charge on any atom is -0.388 e. The van der Waals surface area contributed by atoms with Crippen molar-refractivity contribution < 1.29 is 9.13 Å². The van der Waals surface area contributed by atoms with E-state index in [1.165, 1.54) is 6.07 Å². The third-order valence-electron chi connectivity index (χ3n) is 2.70. The summed E-state index contributed by atoms with van der Waals surface area (Å²) < 4.78 is 18.7. The van der Waals surface area contributed by atoms with Crippen molar-refractivity contribution in [3.05, 3.63) is 34.1 Å². The van der Waals surface area contributed by atoms with E-state index in [9.17, 15) is 4.39 Å². The van der Waals surface area contributed by atoms with E-state index < -0.39 is 0 Å². The molecule has 0 aliphatic rings. The van der Waals surface area contributed by atoms with Crippen molar-refractivity contribution in [1.82, 2.24) is 4.90 Å². The molecule has 0 aromatic heterocycles. The Balaban J connectivity index is 2.63. The summed E-state index contributed by atoms with van der Waals surface area (Å²) in [6.07, 6.45) is 0.520. The van der Waals surface area contributed by atoms with Crippen LogP contribution in [-0.4, -0.2) is 37.5 Å². The lowest BCUT2D eigenvalue weighted by molar-refractivity contribution is 0.145. The molecule has 1 rings (SSSR count). The number of nitrogens with two attached hydrogens (primary N) is 1. The maximum Gasteiger partial charge on any atom is 0.137 e. The van der Waals surface area contributed by atoms with Crippen molar-refractivity contribution in [3.8, 4) is 0 Å². The molecule has 0 amide bonds. The zero-order valence-corrected chi connectivity index (χ0v) is 12.5. The summed E-state index contributed by atoms with van der Waals surface area (Å²) in [5.74, 6) is -0.0985. The maximum atomic E-state index is 13.2. The van der Waals surface area contributed by atoms with Gasteiger partial charge in [-0.05, 0) is 33.6 Å². The Morgan fingerprint density at radius 1 is 1.47 bits per heavy atom. The smallest absolute Gasteiger partial charge is 0.137 e. The highest BCUT2D eigenvalue weighted by Crippen LogP contribution is 2.18. The Bertz CT molecular complexity index is 428. The van der Waals surface area contributed by atoms with Crippen LogP contribution in [0.15, 0.2) is 22.7 Å². The van der Waals surface area contributed by atoms with Gasteiger partial charge >= 0.3 is 0 Å². The molecule has 19 heavy (non-hydrogen) atoms. The maximum absolute atomic E-state index is 13.2. The van der Waals surface area contributed by atoms with Crippen LogP contribution in [0.1, 0.15) is 12.0 Å². The number of halogens is 2. The predicted molar refractivity (Wildman–Crippen MR) is 77.8 cm³/mol. The third kappa shape index (κ3) is 6.13. The molecule has 0 spiro atoms. The van der Waals surface area contributed by atoms with Gasteiger partial charge in [0, 0.05) is 33.2 Å². The SMILES string of the molecule is COCCN(CCC(=N)N)Cc1ccc(F)c(Br)c1. The Morgan fingerprint density at radius 2 is 2.21 bits per heavy atom. The van der Waals surface area contributed by atoms with Gasteiger partial charge in [0.25, 0.3) is 0 Å². The van der Waals surface area contributed by atoms with E-state index in [0.717, 1.165) is 12.1 Å². The summed E-state index contributed by atoms with van der Waals surface area (Å²) >= 11 is 3.18. The molecule has 0 bridgehead atoms. The first-order chi connectivity index (χ1) is 9.02. The standard InChI is InChI=1S/C13H19BrFN3O/c1-19-7-6-18(5-4-13(16)17)9-10-2-3-12(15)11(14)8-10/h2-3,8H,4-7,9H2,1H3,(H3,16,17). The normalized spacial score (nSPS) is 10.9. The van der Waals surface area contributed by atoms with Crippen molar-refractivity contribution in [3.63, 3.8) is 0 Å². The molecule has 0 atom stereocenters. The summed E-state index contributed by atoms with van der Waals surface area (Å²) in [5.41, 5.74) is 6.38. The van der Waals surface area contributed by atoms with E-state index in [4.69, 9.17) is 15.9 Å². The van der Waals surface area contributed by atoms with E-state index in [1.807, 2.05) is 0 Å². The fraction of sp³-hybridized carbons (Fsp3) is 0.462. The predicted octanol–water partition coefficient (Wildman–Crippen LogP) is 2.36. The summed E-state index contributed by atoms with van der Waals surface area (Å²) in [5, 5.41) is 7.27. The molecule has 0 saturated carbocycles. The van der Waals surface area contributed by atoms with Crippen molar-refractivity contribution in [2.24, 2.45) is 5.73 Å². The lowest BCUT2D eigenvalue weighted by atomic mass is 10.2. The van der Waals surface area contributed by atoms with Crippen LogP contribution >= 0.6 is 15.9 Å². The molecule has 0 radical (unpaired) electrons. The van der Waals surface area contributed by atoms with Gasteiger partial charge in [-0.2, -0.15) is 0 Å². The van der Waals surface area contributed by atoms with Crippen molar-refractivity contribution in [2.75, 3.05) is 26.8 Å². The zero-order valence-electron chi connectivity index (χ0n) is 11.0. The van der Waals surface area contributed by atoms with Gasteiger partial charge in [0.15, 0.2) is 0 Å². The van der Waals surface area contributed by atoms with E-state index in [-0.39, 0.29) is 11.7 Å². The second-order valence-corrected chi connectivity index (χ2v) is 5.15. The monoisotopic (exact) mass is 331 g/mol. The van der Waals surface area contributed by atoms with Gasteiger partial charge in [0.05, 0.1) is 16.9 Å². The summed E-state index contributed by atoms with van der Waals surface area (Å²) in [4.78, 5) is 2.13. The van der Waals surface area contributed by atoms with E-state index in [2.05, 4.69) is 20.8 Å². The van der Waals surface area contributed by atoms with E-state index in [1.54, 1.807) is 19.2 Å². The number of benzene rings is 1. The second-order valence-electron chi connectivity index (χ2n) is 4.29. The van der Waals surface area contributed by atoms with Crippen LogP contribution in [0.25, 0.3) is 0 Å². The first-order valence-electron chi connectivity index (χ1n) is 6.01.